The molecule has 2 aliphatic carbocycles. The summed E-state index contributed by atoms with van der Waals surface area (Å²) in [5.74, 6) is 0.413. The van der Waals surface area contributed by atoms with Gasteiger partial charge in [0.25, 0.3) is 0 Å². The molecular formula is C18H25N3O2. The molecule has 5 nitrogen and oxygen atoms in total. The maximum absolute atomic E-state index is 12.0. The standard InChI is InChI=1S/C18H25N3O2/c1-12(22)21(16-7-8-16)11-14-10-15(6-9-17(14)20(2)3)19-18(23)13-4-5-13/h6,9-10,13,16H,4-5,7-8,11H2,1-3H3,(H,19,23). The Morgan fingerprint density at radius 2 is 1.87 bits per heavy atom. The van der Waals surface area contributed by atoms with Gasteiger partial charge in [0.15, 0.2) is 0 Å². The molecule has 2 saturated carbocycles. The zero-order chi connectivity index (χ0) is 16.6. The van der Waals surface area contributed by atoms with Crippen LogP contribution in [0.25, 0.3) is 0 Å². The maximum Gasteiger partial charge on any atom is 0.227 e. The first kappa shape index (κ1) is 15.8. The predicted molar refractivity (Wildman–Crippen MR) is 91.4 cm³/mol. The number of rotatable bonds is 6. The number of amides is 2. The zero-order valence-electron chi connectivity index (χ0n) is 14.1. The quantitative estimate of drug-likeness (QED) is 0.878. The van der Waals surface area contributed by atoms with Crippen molar-refractivity contribution in [3.63, 3.8) is 0 Å². The molecule has 0 aliphatic heterocycles. The number of benzene rings is 1. The predicted octanol–water partition coefficient (Wildman–Crippen LogP) is 2.61. The third-order valence-electron chi connectivity index (χ3n) is 4.51. The summed E-state index contributed by atoms with van der Waals surface area (Å²) in [7, 11) is 3.99. The fourth-order valence-electron chi connectivity index (χ4n) is 2.88. The van der Waals surface area contributed by atoms with Crippen molar-refractivity contribution < 1.29 is 9.59 Å². The fourth-order valence-corrected chi connectivity index (χ4v) is 2.88. The van der Waals surface area contributed by atoms with Crippen LogP contribution in [0.3, 0.4) is 0 Å². The van der Waals surface area contributed by atoms with E-state index in [1.54, 1.807) is 6.92 Å². The summed E-state index contributed by atoms with van der Waals surface area (Å²) in [6.07, 6.45) is 4.17. The van der Waals surface area contributed by atoms with Crippen molar-refractivity contribution in [2.24, 2.45) is 5.92 Å². The van der Waals surface area contributed by atoms with Crippen LogP contribution in [-0.2, 0) is 16.1 Å². The Morgan fingerprint density at radius 1 is 1.17 bits per heavy atom. The minimum Gasteiger partial charge on any atom is -0.377 e. The number of carbonyl (C=O) groups excluding carboxylic acids is 2. The second-order valence-corrected chi connectivity index (χ2v) is 6.88. The summed E-state index contributed by atoms with van der Waals surface area (Å²) >= 11 is 0. The Morgan fingerprint density at radius 3 is 2.39 bits per heavy atom. The molecule has 0 radical (unpaired) electrons. The first-order valence-corrected chi connectivity index (χ1v) is 8.34. The molecule has 23 heavy (non-hydrogen) atoms. The van der Waals surface area contributed by atoms with E-state index in [2.05, 4.69) is 5.32 Å². The van der Waals surface area contributed by atoms with Gasteiger partial charge in [0.1, 0.15) is 0 Å². The van der Waals surface area contributed by atoms with Gasteiger partial charge in [-0.1, -0.05) is 0 Å². The molecule has 3 rings (SSSR count). The third-order valence-corrected chi connectivity index (χ3v) is 4.51. The largest absolute Gasteiger partial charge is 0.377 e. The van der Waals surface area contributed by atoms with Crippen LogP contribution in [0.15, 0.2) is 18.2 Å². The highest BCUT2D eigenvalue weighted by Crippen LogP contribution is 2.33. The second kappa shape index (κ2) is 6.22. The molecule has 1 aromatic rings. The number of hydrogen-bond acceptors (Lipinski definition) is 3. The smallest absolute Gasteiger partial charge is 0.227 e. The van der Waals surface area contributed by atoms with Crippen LogP contribution in [0.1, 0.15) is 38.2 Å². The number of carbonyl (C=O) groups is 2. The third kappa shape index (κ3) is 3.84. The SMILES string of the molecule is CC(=O)N(Cc1cc(NC(=O)C2CC2)ccc1N(C)C)C1CC1. The normalized spacial score (nSPS) is 16.8. The average Bonchev–Trinajstić information content (AvgIpc) is 3.37. The summed E-state index contributed by atoms with van der Waals surface area (Å²) < 4.78 is 0. The first-order chi connectivity index (χ1) is 11.0. The van der Waals surface area contributed by atoms with Gasteiger partial charge >= 0.3 is 0 Å². The molecule has 0 heterocycles. The average molecular weight is 315 g/mol. The van der Waals surface area contributed by atoms with Crippen molar-refractivity contribution in [3.05, 3.63) is 23.8 Å². The number of hydrogen-bond donors (Lipinski definition) is 1. The van der Waals surface area contributed by atoms with E-state index in [-0.39, 0.29) is 17.7 Å². The van der Waals surface area contributed by atoms with Gasteiger partial charge in [0.2, 0.25) is 11.8 Å². The maximum atomic E-state index is 12.0. The Bertz CT molecular complexity index is 619. The first-order valence-electron chi connectivity index (χ1n) is 8.34. The van der Waals surface area contributed by atoms with E-state index in [0.29, 0.717) is 12.6 Å². The van der Waals surface area contributed by atoms with Crippen molar-refractivity contribution in [3.8, 4) is 0 Å². The van der Waals surface area contributed by atoms with Crippen molar-refractivity contribution in [2.45, 2.75) is 45.2 Å². The number of nitrogens with zero attached hydrogens (tertiary/aromatic N) is 2. The van der Waals surface area contributed by atoms with Gasteiger partial charge in [0, 0.05) is 50.9 Å². The van der Waals surface area contributed by atoms with Crippen LogP contribution in [-0.4, -0.2) is 36.9 Å². The fraction of sp³-hybridized carbons (Fsp3) is 0.556. The lowest BCUT2D eigenvalue weighted by Gasteiger charge is -2.25. The Labute approximate surface area is 137 Å². The monoisotopic (exact) mass is 315 g/mol. The minimum atomic E-state index is 0.110. The van der Waals surface area contributed by atoms with E-state index in [4.69, 9.17) is 0 Å². The molecule has 0 aromatic heterocycles. The Kier molecular flexibility index (Phi) is 4.28. The van der Waals surface area contributed by atoms with Gasteiger partial charge < -0.3 is 15.1 Å². The van der Waals surface area contributed by atoms with Crippen LogP contribution < -0.4 is 10.2 Å². The van der Waals surface area contributed by atoms with Gasteiger partial charge in [-0.3, -0.25) is 9.59 Å². The number of anilines is 2. The van der Waals surface area contributed by atoms with Crippen molar-refractivity contribution in [2.75, 3.05) is 24.3 Å². The molecule has 1 aromatic carbocycles. The van der Waals surface area contributed by atoms with E-state index in [1.807, 2.05) is 42.1 Å². The molecule has 2 amide bonds. The van der Waals surface area contributed by atoms with E-state index in [0.717, 1.165) is 42.6 Å². The molecular weight excluding hydrogens is 290 g/mol. The molecule has 0 bridgehead atoms. The molecule has 0 atom stereocenters. The molecule has 0 spiro atoms. The Hall–Kier alpha value is -2.04. The van der Waals surface area contributed by atoms with Gasteiger partial charge in [-0.2, -0.15) is 0 Å². The highest BCUT2D eigenvalue weighted by molar-refractivity contribution is 5.94. The molecule has 1 N–H and O–H groups in total. The molecule has 0 saturated heterocycles. The van der Waals surface area contributed by atoms with Gasteiger partial charge in [-0.05, 0) is 49.4 Å². The van der Waals surface area contributed by atoms with Crippen molar-refractivity contribution in [1.82, 2.24) is 4.90 Å². The zero-order valence-corrected chi connectivity index (χ0v) is 14.1. The van der Waals surface area contributed by atoms with E-state index in [9.17, 15) is 9.59 Å². The molecule has 124 valence electrons. The van der Waals surface area contributed by atoms with Gasteiger partial charge in [0.05, 0.1) is 0 Å². The van der Waals surface area contributed by atoms with Crippen LogP contribution in [0.5, 0.6) is 0 Å². The van der Waals surface area contributed by atoms with E-state index < -0.39 is 0 Å². The molecule has 5 heteroatoms. The Balaban J connectivity index is 1.81. The highest BCUT2D eigenvalue weighted by Gasteiger charge is 2.32. The minimum absolute atomic E-state index is 0.110. The summed E-state index contributed by atoms with van der Waals surface area (Å²) in [6, 6.07) is 6.35. The molecule has 0 unspecified atom stereocenters. The van der Waals surface area contributed by atoms with Crippen LogP contribution in [0.2, 0.25) is 0 Å². The van der Waals surface area contributed by atoms with Crippen molar-refractivity contribution >= 4 is 23.2 Å². The highest BCUT2D eigenvalue weighted by atomic mass is 16.2. The van der Waals surface area contributed by atoms with E-state index >= 15 is 0 Å². The van der Waals surface area contributed by atoms with Crippen LogP contribution in [0, 0.1) is 5.92 Å². The molecule has 2 aliphatic rings. The lowest BCUT2D eigenvalue weighted by Crippen LogP contribution is -2.31. The van der Waals surface area contributed by atoms with Gasteiger partial charge in [-0.25, -0.2) is 0 Å². The van der Waals surface area contributed by atoms with E-state index in [1.165, 1.54) is 0 Å². The van der Waals surface area contributed by atoms with Crippen LogP contribution in [0.4, 0.5) is 11.4 Å². The summed E-state index contributed by atoms with van der Waals surface area (Å²) in [5, 5.41) is 3.00. The van der Waals surface area contributed by atoms with Gasteiger partial charge in [-0.15, -0.1) is 0 Å². The molecule has 2 fully saturated rings. The number of nitrogens with one attached hydrogen (secondary N) is 1. The van der Waals surface area contributed by atoms with Crippen LogP contribution >= 0.6 is 0 Å². The summed E-state index contributed by atoms with van der Waals surface area (Å²) in [6.45, 7) is 2.23. The summed E-state index contributed by atoms with van der Waals surface area (Å²) in [4.78, 5) is 27.9. The van der Waals surface area contributed by atoms with Crippen molar-refractivity contribution in [1.29, 1.82) is 0 Å². The topological polar surface area (TPSA) is 52.7 Å². The lowest BCUT2D eigenvalue weighted by molar-refractivity contribution is -0.130. The second-order valence-electron chi connectivity index (χ2n) is 6.88. The lowest BCUT2D eigenvalue weighted by atomic mass is 10.1. The summed E-state index contributed by atoms with van der Waals surface area (Å²) in [5.41, 5.74) is 2.98.